The molecule has 0 nitrogen and oxygen atoms in total. The van der Waals surface area contributed by atoms with Gasteiger partial charge >= 0.3 is 0 Å². The van der Waals surface area contributed by atoms with Crippen LogP contribution in [0.4, 0.5) is 0 Å². The molecule has 1 saturated carbocycles. The van der Waals surface area contributed by atoms with E-state index in [9.17, 15) is 0 Å². The first kappa shape index (κ1) is 11.8. The van der Waals surface area contributed by atoms with Crippen LogP contribution in [0, 0.1) is 29.6 Å². The first-order valence-corrected chi connectivity index (χ1v) is 5.42. The number of hydrogen-bond donors (Lipinski definition) is 0. The van der Waals surface area contributed by atoms with E-state index in [0.717, 1.165) is 0 Å². The van der Waals surface area contributed by atoms with E-state index in [-0.39, 0.29) is 0 Å². The average Bonchev–Trinajstić information content (AvgIpc) is 2.35. The van der Waals surface area contributed by atoms with Crippen LogP contribution in [0.15, 0.2) is 12.2 Å². The molecule has 0 bridgehead atoms. The van der Waals surface area contributed by atoms with E-state index in [0.29, 0.717) is 0 Å². The van der Waals surface area contributed by atoms with Crippen molar-refractivity contribution in [3.8, 4) is 0 Å². The van der Waals surface area contributed by atoms with Gasteiger partial charge in [0.2, 0.25) is 0 Å². The van der Waals surface area contributed by atoms with E-state index in [1.807, 2.05) is 0 Å². The topological polar surface area (TPSA) is 0 Å². The third kappa shape index (κ3) is 2.21. The Hall–Kier alpha value is -0.260. The summed E-state index contributed by atoms with van der Waals surface area (Å²) < 4.78 is 0. The third-order valence-corrected chi connectivity index (χ3v) is 3.39. The minimum absolute atomic E-state index is 1.17. The van der Waals surface area contributed by atoms with Gasteiger partial charge < -0.3 is 0 Å². The standard InChI is InChI=1S/C14H21/c1-6-7-8-9-14-12(4)10(2)11(3)13(14)5/h6-7H,8-9H2,1-5H3/b7-6+. The molecule has 0 heteroatoms. The van der Waals surface area contributed by atoms with Gasteiger partial charge in [0.1, 0.15) is 0 Å². The van der Waals surface area contributed by atoms with Crippen molar-refractivity contribution in [3.63, 3.8) is 0 Å². The van der Waals surface area contributed by atoms with E-state index in [1.54, 1.807) is 5.92 Å². The first-order chi connectivity index (χ1) is 6.59. The normalized spacial score (nSPS) is 24.4. The molecule has 1 rings (SSSR count). The van der Waals surface area contributed by atoms with Gasteiger partial charge in [-0.15, -0.1) is 0 Å². The van der Waals surface area contributed by atoms with Gasteiger partial charge in [-0.25, -0.2) is 0 Å². The molecule has 0 heterocycles. The van der Waals surface area contributed by atoms with Crippen LogP contribution >= 0.6 is 0 Å². The van der Waals surface area contributed by atoms with Crippen LogP contribution in [0.2, 0.25) is 0 Å². The Morgan fingerprint density at radius 1 is 0.857 bits per heavy atom. The Balaban J connectivity index is 2.51. The highest BCUT2D eigenvalue weighted by atomic mass is 14.5. The lowest BCUT2D eigenvalue weighted by molar-refractivity contribution is 0.811. The second kappa shape index (κ2) is 5.00. The van der Waals surface area contributed by atoms with Crippen molar-refractivity contribution in [2.24, 2.45) is 0 Å². The van der Waals surface area contributed by atoms with E-state index < -0.39 is 0 Å². The SMILES string of the molecule is C/C=C/CC[C]1[C](C)[C](C)[C](C)[C]1C. The smallest absolute Gasteiger partial charge is 0.00965 e. The molecule has 0 aliphatic heterocycles. The largest absolute Gasteiger partial charge is 0.0917 e. The van der Waals surface area contributed by atoms with Gasteiger partial charge in [-0.05, 0) is 49.4 Å². The fraction of sp³-hybridized carbons (Fsp3) is 0.500. The molecule has 5 radical (unpaired) electrons. The number of hydrogen-bond acceptors (Lipinski definition) is 0. The summed E-state index contributed by atoms with van der Waals surface area (Å²) in [7, 11) is 0. The molecule has 1 aliphatic rings. The van der Waals surface area contributed by atoms with Crippen molar-refractivity contribution in [2.75, 3.05) is 0 Å². The summed E-state index contributed by atoms with van der Waals surface area (Å²) in [4.78, 5) is 0. The highest BCUT2D eigenvalue weighted by Gasteiger charge is 2.42. The Labute approximate surface area is 89.8 Å². The van der Waals surface area contributed by atoms with Gasteiger partial charge in [0.25, 0.3) is 0 Å². The number of allylic oxidation sites excluding steroid dienone is 2. The number of rotatable bonds is 3. The van der Waals surface area contributed by atoms with Crippen molar-refractivity contribution in [1.82, 2.24) is 0 Å². The van der Waals surface area contributed by atoms with Crippen LogP contribution in [-0.2, 0) is 0 Å². The molecule has 0 spiro atoms. The van der Waals surface area contributed by atoms with Crippen LogP contribution < -0.4 is 0 Å². The van der Waals surface area contributed by atoms with Crippen molar-refractivity contribution < 1.29 is 0 Å². The maximum atomic E-state index is 2.25. The quantitative estimate of drug-likeness (QED) is 0.580. The molecular weight excluding hydrogens is 168 g/mol. The second-order valence-corrected chi connectivity index (χ2v) is 4.09. The van der Waals surface area contributed by atoms with Crippen molar-refractivity contribution in [1.29, 1.82) is 0 Å². The predicted octanol–water partition coefficient (Wildman–Crippen LogP) is 4.31. The summed E-state index contributed by atoms with van der Waals surface area (Å²) in [5, 5.41) is 0. The summed E-state index contributed by atoms with van der Waals surface area (Å²) in [6.45, 7) is 11.1. The highest BCUT2D eigenvalue weighted by Crippen LogP contribution is 2.53. The fourth-order valence-electron chi connectivity index (χ4n) is 2.07. The molecule has 0 amide bonds. The molecule has 0 aromatic carbocycles. The van der Waals surface area contributed by atoms with Crippen molar-refractivity contribution in [2.45, 2.75) is 47.5 Å². The highest BCUT2D eigenvalue weighted by molar-refractivity contribution is 5.58. The summed E-state index contributed by atoms with van der Waals surface area (Å²) in [6.07, 6.45) is 6.74. The first-order valence-electron chi connectivity index (χ1n) is 5.42. The van der Waals surface area contributed by atoms with Gasteiger partial charge in [-0.2, -0.15) is 0 Å². The summed E-state index contributed by atoms with van der Waals surface area (Å²) >= 11 is 0. The molecule has 14 heavy (non-hydrogen) atoms. The van der Waals surface area contributed by atoms with Gasteiger partial charge in [0, 0.05) is 0 Å². The third-order valence-electron chi connectivity index (χ3n) is 3.39. The van der Waals surface area contributed by atoms with E-state index in [4.69, 9.17) is 0 Å². The zero-order chi connectivity index (χ0) is 10.7. The fourth-order valence-corrected chi connectivity index (χ4v) is 2.07. The summed E-state index contributed by atoms with van der Waals surface area (Å²) in [6, 6.07) is 0. The Kier molecular flexibility index (Phi) is 4.22. The van der Waals surface area contributed by atoms with E-state index >= 15 is 0 Å². The molecule has 0 saturated heterocycles. The minimum atomic E-state index is 1.17. The molecule has 0 aromatic heterocycles. The molecular formula is C14H21. The maximum absolute atomic E-state index is 2.25. The van der Waals surface area contributed by atoms with E-state index in [2.05, 4.69) is 46.8 Å². The lowest BCUT2D eigenvalue weighted by atomic mass is 9.85. The average molecular weight is 189 g/mol. The van der Waals surface area contributed by atoms with Gasteiger partial charge in [0.05, 0.1) is 0 Å². The molecule has 0 atom stereocenters. The monoisotopic (exact) mass is 189 g/mol. The van der Waals surface area contributed by atoms with Crippen LogP contribution in [-0.4, -0.2) is 0 Å². The zero-order valence-electron chi connectivity index (χ0n) is 10.1. The zero-order valence-corrected chi connectivity index (χ0v) is 10.1. The Bertz CT molecular complexity index is 178. The van der Waals surface area contributed by atoms with Gasteiger partial charge in [0.15, 0.2) is 0 Å². The van der Waals surface area contributed by atoms with Crippen LogP contribution in [0.5, 0.6) is 0 Å². The summed E-state index contributed by atoms with van der Waals surface area (Å²) in [5.74, 6) is 7.54. The lowest BCUT2D eigenvalue weighted by Gasteiger charge is -2.18. The second-order valence-electron chi connectivity index (χ2n) is 4.09. The minimum Gasteiger partial charge on any atom is -0.0917 e. The molecule has 1 fully saturated rings. The molecule has 0 N–H and O–H groups in total. The van der Waals surface area contributed by atoms with E-state index in [1.165, 1.54) is 36.5 Å². The van der Waals surface area contributed by atoms with Crippen LogP contribution in [0.1, 0.15) is 47.5 Å². The molecule has 0 unspecified atom stereocenters. The van der Waals surface area contributed by atoms with Gasteiger partial charge in [-0.1, -0.05) is 39.8 Å². The maximum Gasteiger partial charge on any atom is -0.00965 e. The molecule has 1 aliphatic carbocycles. The summed E-state index contributed by atoms with van der Waals surface area (Å²) in [5.41, 5.74) is 0. The predicted molar refractivity (Wildman–Crippen MR) is 63.0 cm³/mol. The molecule has 0 aromatic rings. The van der Waals surface area contributed by atoms with Crippen molar-refractivity contribution >= 4 is 0 Å². The Morgan fingerprint density at radius 2 is 1.36 bits per heavy atom. The van der Waals surface area contributed by atoms with Gasteiger partial charge in [-0.3, -0.25) is 0 Å². The lowest BCUT2D eigenvalue weighted by Crippen LogP contribution is -2.06. The van der Waals surface area contributed by atoms with Crippen LogP contribution in [0.3, 0.4) is 0 Å². The molecule has 77 valence electrons. The van der Waals surface area contributed by atoms with Crippen LogP contribution in [0.25, 0.3) is 0 Å². The van der Waals surface area contributed by atoms with Crippen molar-refractivity contribution in [3.05, 3.63) is 41.7 Å². The Morgan fingerprint density at radius 3 is 1.79 bits per heavy atom.